The van der Waals surface area contributed by atoms with Crippen molar-refractivity contribution in [2.75, 3.05) is 32.1 Å². The first kappa shape index (κ1) is 14.5. The van der Waals surface area contributed by atoms with Gasteiger partial charge in [0.15, 0.2) is 0 Å². The second kappa shape index (κ2) is 7.01. The molecule has 4 heteroatoms. The van der Waals surface area contributed by atoms with Crippen molar-refractivity contribution in [1.82, 2.24) is 4.90 Å². The summed E-state index contributed by atoms with van der Waals surface area (Å²) in [6.45, 7) is 3.95. The smallest absolute Gasteiger partial charge is 0.241 e. The summed E-state index contributed by atoms with van der Waals surface area (Å²) in [5, 5.41) is 0. The number of amides is 1. The van der Waals surface area contributed by atoms with E-state index >= 15 is 0 Å². The third kappa shape index (κ3) is 4.04. The minimum Gasteiger partial charge on any atom is -0.362 e. The molecule has 100 valence electrons. The molecular formula is C14H23N3O. The number of hydrogen-bond donors (Lipinski definition) is 1. The number of benzene rings is 1. The van der Waals surface area contributed by atoms with E-state index in [1.54, 1.807) is 19.0 Å². The van der Waals surface area contributed by atoms with Crippen LogP contribution in [0.25, 0.3) is 0 Å². The lowest BCUT2D eigenvalue weighted by Crippen LogP contribution is -2.37. The first-order chi connectivity index (χ1) is 8.58. The van der Waals surface area contributed by atoms with Crippen LogP contribution in [0.1, 0.15) is 18.9 Å². The molecule has 0 saturated carbocycles. The summed E-state index contributed by atoms with van der Waals surface area (Å²) in [5.74, 6) is 0.117. The Kier molecular flexibility index (Phi) is 5.65. The van der Waals surface area contributed by atoms with E-state index < -0.39 is 0 Å². The zero-order valence-electron chi connectivity index (χ0n) is 11.5. The average molecular weight is 249 g/mol. The maximum absolute atomic E-state index is 11.8. The topological polar surface area (TPSA) is 49.6 Å². The normalized spacial score (nSPS) is 10.2. The van der Waals surface area contributed by atoms with E-state index in [2.05, 4.69) is 11.8 Å². The summed E-state index contributed by atoms with van der Waals surface area (Å²) in [7, 11) is 3.56. The number of nitrogens with two attached hydrogens (primary N) is 1. The van der Waals surface area contributed by atoms with Gasteiger partial charge in [0.2, 0.25) is 5.91 Å². The third-order valence-electron chi connectivity index (χ3n) is 2.86. The Morgan fingerprint density at radius 2 is 1.83 bits per heavy atom. The van der Waals surface area contributed by atoms with E-state index in [4.69, 9.17) is 5.73 Å². The lowest BCUT2D eigenvalue weighted by molar-refractivity contribution is -0.127. The van der Waals surface area contributed by atoms with Crippen molar-refractivity contribution in [2.45, 2.75) is 19.9 Å². The lowest BCUT2D eigenvalue weighted by atomic mass is 10.2. The predicted molar refractivity (Wildman–Crippen MR) is 75.5 cm³/mol. The standard InChI is InChI=1S/C14H23N3O/c1-4-9-17(11-14(18)16(2)3)13-7-5-12(10-15)6-8-13/h5-8H,4,9-11,15H2,1-3H3. The maximum Gasteiger partial charge on any atom is 0.241 e. The van der Waals surface area contributed by atoms with Gasteiger partial charge in [-0.25, -0.2) is 0 Å². The Bertz CT molecular complexity index is 373. The largest absolute Gasteiger partial charge is 0.362 e. The molecule has 0 aliphatic heterocycles. The third-order valence-corrected chi connectivity index (χ3v) is 2.86. The van der Waals surface area contributed by atoms with Crippen molar-refractivity contribution < 1.29 is 4.79 Å². The van der Waals surface area contributed by atoms with Gasteiger partial charge in [0.05, 0.1) is 6.54 Å². The Balaban J connectivity index is 2.79. The zero-order chi connectivity index (χ0) is 13.5. The molecule has 2 N–H and O–H groups in total. The number of carbonyl (C=O) groups is 1. The molecule has 0 radical (unpaired) electrons. The van der Waals surface area contributed by atoms with E-state index in [0.717, 1.165) is 24.2 Å². The first-order valence-corrected chi connectivity index (χ1v) is 6.32. The van der Waals surface area contributed by atoms with Crippen LogP contribution in [0.2, 0.25) is 0 Å². The lowest BCUT2D eigenvalue weighted by Gasteiger charge is -2.25. The molecule has 1 aromatic carbocycles. The minimum absolute atomic E-state index is 0.117. The maximum atomic E-state index is 11.8. The highest BCUT2D eigenvalue weighted by molar-refractivity contribution is 5.81. The molecule has 0 bridgehead atoms. The Morgan fingerprint density at radius 3 is 2.28 bits per heavy atom. The van der Waals surface area contributed by atoms with Crippen molar-refractivity contribution in [3.63, 3.8) is 0 Å². The van der Waals surface area contributed by atoms with E-state index in [1.807, 2.05) is 24.3 Å². The van der Waals surface area contributed by atoms with Gasteiger partial charge in [-0.15, -0.1) is 0 Å². The van der Waals surface area contributed by atoms with Crippen LogP contribution < -0.4 is 10.6 Å². The molecule has 0 heterocycles. The molecule has 0 atom stereocenters. The fraction of sp³-hybridized carbons (Fsp3) is 0.500. The van der Waals surface area contributed by atoms with Crippen molar-refractivity contribution >= 4 is 11.6 Å². The molecule has 0 saturated heterocycles. The van der Waals surface area contributed by atoms with Gasteiger partial charge in [-0.1, -0.05) is 19.1 Å². The van der Waals surface area contributed by atoms with Crippen molar-refractivity contribution in [3.8, 4) is 0 Å². The van der Waals surface area contributed by atoms with Gasteiger partial charge in [0.1, 0.15) is 0 Å². The van der Waals surface area contributed by atoms with Gasteiger partial charge in [0.25, 0.3) is 0 Å². The number of rotatable bonds is 6. The summed E-state index contributed by atoms with van der Waals surface area (Å²) < 4.78 is 0. The van der Waals surface area contributed by atoms with E-state index in [0.29, 0.717) is 13.1 Å². The Hall–Kier alpha value is -1.55. The van der Waals surface area contributed by atoms with Gasteiger partial charge in [0, 0.05) is 32.9 Å². The van der Waals surface area contributed by atoms with Gasteiger partial charge in [-0.2, -0.15) is 0 Å². The van der Waals surface area contributed by atoms with Crippen molar-refractivity contribution in [1.29, 1.82) is 0 Å². The fourth-order valence-electron chi connectivity index (χ4n) is 1.72. The first-order valence-electron chi connectivity index (χ1n) is 6.32. The number of anilines is 1. The molecule has 18 heavy (non-hydrogen) atoms. The van der Waals surface area contributed by atoms with Crippen LogP contribution in [0.5, 0.6) is 0 Å². The highest BCUT2D eigenvalue weighted by Gasteiger charge is 2.12. The van der Waals surface area contributed by atoms with Crippen molar-refractivity contribution in [3.05, 3.63) is 29.8 Å². The van der Waals surface area contributed by atoms with Gasteiger partial charge < -0.3 is 15.5 Å². The molecule has 0 aliphatic rings. The molecular weight excluding hydrogens is 226 g/mol. The summed E-state index contributed by atoms with van der Waals surface area (Å²) >= 11 is 0. The Morgan fingerprint density at radius 1 is 1.22 bits per heavy atom. The molecule has 0 fully saturated rings. The molecule has 4 nitrogen and oxygen atoms in total. The van der Waals surface area contributed by atoms with Gasteiger partial charge >= 0.3 is 0 Å². The second-order valence-electron chi connectivity index (χ2n) is 4.58. The van der Waals surface area contributed by atoms with Gasteiger partial charge in [-0.05, 0) is 24.1 Å². The quantitative estimate of drug-likeness (QED) is 0.830. The van der Waals surface area contributed by atoms with Crippen LogP contribution in [0.4, 0.5) is 5.69 Å². The van der Waals surface area contributed by atoms with E-state index in [-0.39, 0.29) is 5.91 Å². The fourth-order valence-corrected chi connectivity index (χ4v) is 1.72. The molecule has 1 rings (SSSR count). The average Bonchev–Trinajstić information content (AvgIpc) is 2.38. The highest BCUT2D eigenvalue weighted by atomic mass is 16.2. The summed E-state index contributed by atoms with van der Waals surface area (Å²) in [5.41, 5.74) is 7.76. The summed E-state index contributed by atoms with van der Waals surface area (Å²) in [4.78, 5) is 15.5. The molecule has 0 unspecified atom stereocenters. The predicted octanol–water partition coefficient (Wildman–Crippen LogP) is 1.45. The number of likely N-dealkylation sites (N-methyl/N-ethyl adjacent to an activating group) is 1. The van der Waals surface area contributed by atoms with E-state index in [9.17, 15) is 4.79 Å². The minimum atomic E-state index is 0.117. The SMILES string of the molecule is CCCN(CC(=O)N(C)C)c1ccc(CN)cc1. The van der Waals surface area contributed by atoms with Crippen LogP contribution in [-0.4, -0.2) is 38.0 Å². The number of hydrogen-bond acceptors (Lipinski definition) is 3. The van der Waals surface area contributed by atoms with Gasteiger partial charge in [-0.3, -0.25) is 4.79 Å². The molecule has 0 spiro atoms. The monoisotopic (exact) mass is 249 g/mol. The van der Waals surface area contributed by atoms with Crippen LogP contribution in [-0.2, 0) is 11.3 Å². The van der Waals surface area contributed by atoms with Crippen LogP contribution in [0.3, 0.4) is 0 Å². The molecule has 0 aromatic heterocycles. The zero-order valence-corrected chi connectivity index (χ0v) is 11.5. The summed E-state index contributed by atoms with van der Waals surface area (Å²) in [6.07, 6.45) is 1.01. The summed E-state index contributed by atoms with van der Waals surface area (Å²) in [6, 6.07) is 8.08. The number of nitrogens with zero attached hydrogens (tertiary/aromatic N) is 2. The van der Waals surface area contributed by atoms with Crippen molar-refractivity contribution in [2.24, 2.45) is 5.73 Å². The second-order valence-corrected chi connectivity index (χ2v) is 4.58. The molecule has 0 aliphatic carbocycles. The van der Waals surface area contributed by atoms with E-state index in [1.165, 1.54) is 0 Å². The van der Waals surface area contributed by atoms with Crippen LogP contribution >= 0.6 is 0 Å². The van der Waals surface area contributed by atoms with Crippen LogP contribution in [0.15, 0.2) is 24.3 Å². The number of carbonyl (C=O) groups excluding carboxylic acids is 1. The molecule has 1 aromatic rings. The Labute approximate surface area is 109 Å². The highest BCUT2D eigenvalue weighted by Crippen LogP contribution is 2.15. The molecule has 1 amide bonds. The van der Waals surface area contributed by atoms with Crippen LogP contribution in [0, 0.1) is 0 Å².